The highest BCUT2D eigenvalue weighted by Crippen LogP contribution is 2.31. The van der Waals surface area contributed by atoms with Crippen molar-refractivity contribution in [3.05, 3.63) is 23.9 Å². The van der Waals surface area contributed by atoms with Gasteiger partial charge in [0.15, 0.2) is 5.60 Å². The van der Waals surface area contributed by atoms with Gasteiger partial charge >= 0.3 is 0 Å². The Bertz CT molecular complexity index is 670. The van der Waals surface area contributed by atoms with E-state index in [0.717, 1.165) is 57.2 Å². The molecule has 0 bridgehead atoms. The van der Waals surface area contributed by atoms with Gasteiger partial charge in [-0.2, -0.15) is 0 Å². The maximum atomic E-state index is 12.9. The third-order valence-electron chi connectivity index (χ3n) is 6.46. The van der Waals surface area contributed by atoms with Crippen molar-refractivity contribution in [2.45, 2.75) is 44.6 Å². The Morgan fingerprint density at radius 2 is 1.93 bits per heavy atom. The fourth-order valence-corrected chi connectivity index (χ4v) is 4.58. The summed E-state index contributed by atoms with van der Waals surface area (Å²) >= 11 is 0. The number of piperidine rings is 1. The van der Waals surface area contributed by atoms with E-state index in [2.05, 4.69) is 20.9 Å². The van der Waals surface area contributed by atoms with E-state index in [4.69, 9.17) is 0 Å². The SMILES string of the molecule is Cc1cccc(N2CCN(CC3(O)CCCN(CC4CCC4)C3=O)CC2)n1. The Morgan fingerprint density at radius 1 is 1.15 bits per heavy atom. The van der Waals surface area contributed by atoms with Crippen molar-refractivity contribution >= 4 is 11.7 Å². The number of aliphatic hydroxyl groups is 1. The second-order valence-corrected chi connectivity index (χ2v) is 8.58. The summed E-state index contributed by atoms with van der Waals surface area (Å²) in [4.78, 5) is 24.0. The van der Waals surface area contributed by atoms with Crippen LogP contribution in [-0.4, -0.2) is 77.2 Å². The molecule has 3 aliphatic rings. The van der Waals surface area contributed by atoms with Crippen molar-refractivity contribution in [3.8, 4) is 0 Å². The number of hydrogen-bond acceptors (Lipinski definition) is 5. The number of rotatable bonds is 5. The van der Waals surface area contributed by atoms with Gasteiger partial charge in [0, 0.05) is 51.5 Å². The second-order valence-electron chi connectivity index (χ2n) is 8.58. The maximum Gasteiger partial charge on any atom is 0.255 e. The summed E-state index contributed by atoms with van der Waals surface area (Å²) in [5, 5.41) is 11.1. The third kappa shape index (κ3) is 4.11. The minimum atomic E-state index is -1.20. The molecular weight excluding hydrogens is 340 g/mol. The lowest BCUT2D eigenvalue weighted by atomic mass is 9.83. The van der Waals surface area contributed by atoms with Crippen LogP contribution in [-0.2, 0) is 4.79 Å². The van der Waals surface area contributed by atoms with Crippen LogP contribution in [0.5, 0.6) is 0 Å². The van der Waals surface area contributed by atoms with Crippen LogP contribution in [0.25, 0.3) is 0 Å². The number of amides is 1. The number of carbonyl (C=O) groups is 1. The lowest BCUT2D eigenvalue weighted by Gasteiger charge is -2.44. The van der Waals surface area contributed by atoms with Gasteiger partial charge in [0.1, 0.15) is 5.82 Å². The molecule has 6 nitrogen and oxygen atoms in total. The topological polar surface area (TPSA) is 59.9 Å². The zero-order valence-corrected chi connectivity index (χ0v) is 16.4. The number of nitrogens with zero attached hydrogens (tertiary/aromatic N) is 4. The van der Waals surface area contributed by atoms with E-state index in [9.17, 15) is 9.90 Å². The summed E-state index contributed by atoms with van der Waals surface area (Å²) in [6, 6.07) is 6.11. The number of likely N-dealkylation sites (tertiary alicyclic amines) is 1. The Balaban J connectivity index is 1.32. The minimum Gasteiger partial charge on any atom is -0.379 e. The Kier molecular flexibility index (Phi) is 5.37. The standard InChI is InChI=1S/C21H32N4O2/c1-17-5-2-8-19(22-17)24-13-11-23(12-14-24)16-21(27)9-4-10-25(20(21)26)15-18-6-3-7-18/h2,5,8,18,27H,3-4,6-7,9-16H2,1H3. The van der Waals surface area contributed by atoms with E-state index < -0.39 is 5.60 Å². The monoisotopic (exact) mass is 372 g/mol. The summed E-state index contributed by atoms with van der Waals surface area (Å²) in [5.74, 6) is 1.64. The molecule has 1 saturated carbocycles. The zero-order chi connectivity index (χ0) is 18.9. The lowest BCUT2D eigenvalue weighted by Crippen LogP contribution is -2.61. The fourth-order valence-electron chi connectivity index (χ4n) is 4.58. The van der Waals surface area contributed by atoms with Crippen LogP contribution in [0.4, 0.5) is 5.82 Å². The highest BCUT2D eigenvalue weighted by atomic mass is 16.3. The molecule has 3 fully saturated rings. The van der Waals surface area contributed by atoms with Crippen molar-refractivity contribution in [1.29, 1.82) is 0 Å². The van der Waals surface area contributed by atoms with Crippen LogP contribution in [0.2, 0.25) is 0 Å². The smallest absolute Gasteiger partial charge is 0.255 e. The molecule has 27 heavy (non-hydrogen) atoms. The molecule has 1 atom stereocenters. The molecule has 2 aliphatic heterocycles. The zero-order valence-electron chi connectivity index (χ0n) is 16.4. The van der Waals surface area contributed by atoms with E-state index in [1.165, 1.54) is 19.3 Å². The average Bonchev–Trinajstić information content (AvgIpc) is 2.62. The van der Waals surface area contributed by atoms with Gasteiger partial charge in [-0.25, -0.2) is 4.98 Å². The minimum absolute atomic E-state index is 0.0385. The Labute approximate surface area is 162 Å². The molecule has 0 aromatic carbocycles. The number of carbonyl (C=O) groups excluding carboxylic acids is 1. The van der Waals surface area contributed by atoms with Crippen LogP contribution < -0.4 is 4.90 Å². The average molecular weight is 373 g/mol. The van der Waals surface area contributed by atoms with Gasteiger partial charge in [0.25, 0.3) is 5.91 Å². The van der Waals surface area contributed by atoms with Gasteiger partial charge in [-0.15, -0.1) is 0 Å². The van der Waals surface area contributed by atoms with E-state index in [1.807, 2.05) is 24.0 Å². The molecule has 6 heteroatoms. The summed E-state index contributed by atoms with van der Waals surface area (Å²) < 4.78 is 0. The summed E-state index contributed by atoms with van der Waals surface area (Å²) in [6.45, 7) is 7.60. The first-order chi connectivity index (χ1) is 13.0. The molecular formula is C21H32N4O2. The number of β-amino-alcohol motifs (C(OH)–C–C–N with tert-alkyl or cyclic N) is 1. The normalized spacial score (nSPS) is 27.7. The number of aryl methyl sites for hydroxylation is 1. The van der Waals surface area contributed by atoms with Crippen molar-refractivity contribution in [2.75, 3.05) is 50.7 Å². The predicted octanol–water partition coefficient (Wildman–Crippen LogP) is 1.67. The quantitative estimate of drug-likeness (QED) is 0.852. The van der Waals surface area contributed by atoms with Gasteiger partial charge in [0.2, 0.25) is 0 Å². The van der Waals surface area contributed by atoms with E-state index in [1.54, 1.807) is 0 Å². The Hall–Kier alpha value is -1.66. The summed E-state index contributed by atoms with van der Waals surface area (Å²) in [7, 11) is 0. The molecule has 1 aliphatic carbocycles. The number of anilines is 1. The first-order valence-electron chi connectivity index (χ1n) is 10.5. The van der Waals surface area contributed by atoms with E-state index >= 15 is 0 Å². The van der Waals surface area contributed by atoms with Gasteiger partial charge in [0.05, 0.1) is 0 Å². The number of pyridine rings is 1. The summed E-state index contributed by atoms with van der Waals surface area (Å²) in [5.41, 5.74) is -0.172. The molecule has 3 heterocycles. The molecule has 1 N–H and O–H groups in total. The van der Waals surface area contributed by atoms with Crippen LogP contribution >= 0.6 is 0 Å². The Morgan fingerprint density at radius 3 is 2.59 bits per heavy atom. The molecule has 0 spiro atoms. The van der Waals surface area contributed by atoms with Crippen LogP contribution in [0, 0.1) is 12.8 Å². The molecule has 2 saturated heterocycles. The first kappa shape index (κ1) is 18.7. The van der Waals surface area contributed by atoms with Crippen LogP contribution in [0.3, 0.4) is 0 Å². The predicted molar refractivity (Wildman–Crippen MR) is 106 cm³/mol. The molecule has 1 unspecified atom stereocenters. The van der Waals surface area contributed by atoms with Gasteiger partial charge in [-0.05, 0) is 50.7 Å². The number of hydrogen-bond donors (Lipinski definition) is 1. The molecule has 1 aromatic rings. The van der Waals surface area contributed by atoms with E-state index in [-0.39, 0.29) is 5.91 Å². The van der Waals surface area contributed by atoms with E-state index in [0.29, 0.717) is 18.9 Å². The van der Waals surface area contributed by atoms with Crippen molar-refractivity contribution in [3.63, 3.8) is 0 Å². The molecule has 1 amide bonds. The molecule has 1 aromatic heterocycles. The highest BCUT2D eigenvalue weighted by Gasteiger charge is 2.44. The fraction of sp³-hybridized carbons (Fsp3) is 0.714. The first-order valence-corrected chi connectivity index (χ1v) is 10.5. The second kappa shape index (κ2) is 7.76. The van der Waals surface area contributed by atoms with Crippen molar-refractivity contribution in [1.82, 2.24) is 14.8 Å². The van der Waals surface area contributed by atoms with Gasteiger partial charge in [-0.3, -0.25) is 9.69 Å². The number of piperazine rings is 1. The van der Waals surface area contributed by atoms with Crippen molar-refractivity contribution in [2.24, 2.45) is 5.92 Å². The maximum absolute atomic E-state index is 12.9. The lowest BCUT2D eigenvalue weighted by molar-refractivity contribution is -0.160. The highest BCUT2D eigenvalue weighted by molar-refractivity contribution is 5.86. The largest absolute Gasteiger partial charge is 0.379 e. The van der Waals surface area contributed by atoms with Gasteiger partial charge in [-0.1, -0.05) is 12.5 Å². The number of aromatic nitrogens is 1. The molecule has 0 radical (unpaired) electrons. The van der Waals surface area contributed by atoms with Crippen molar-refractivity contribution < 1.29 is 9.90 Å². The molecule has 4 rings (SSSR count). The third-order valence-corrected chi connectivity index (χ3v) is 6.46. The van der Waals surface area contributed by atoms with Gasteiger partial charge < -0.3 is 14.9 Å². The molecule has 148 valence electrons. The van der Waals surface area contributed by atoms with Crippen LogP contribution in [0.15, 0.2) is 18.2 Å². The van der Waals surface area contributed by atoms with Crippen LogP contribution in [0.1, 0.15) is 37.8 Å². The summed E-state index contributed by atoms with van der Waals surface area (Å²) in [6.07, 6.45) is 5.25.